The molecule has 0 aliphatic rings. The van der Waals surface area contributed by atoms with Gasteiger partial charge < -0.3 is 10.5 Å². The Kier molecular flexibility index (Phi) is 4.82. The molecule has 0 amide bonds. The lowest BCUT2D eigenvalue weighted by Gasteiger charge is -2.14. The minimum atomic E-state index is -4.09. The van der Waals surface area contributed by atoms with E-state index in [9.17, 15) is 18.8 Å². The Morgan fingerprint density at radius 3 is 2.62 bits per heavy atom. The summed E-state index contributed by atoms with van der Waals surface area (Å²) < 4.78 is 32.7. The first-order chi connectivity index (χ1) is 12.3. The number of nitrogens with two attached hydrogens (primary N) is 1. The van der Waals surface area contributed by atoms with Gasteiger partial charge in [0.25, 0.3) is 10.0 Å². The summed E-state index contributed by atoms with van der Waals surface area (Å²) in [6.45, 7) is 0.138. The van der Waals surface area contributed by atoms with Crippen molar-refractivity contribution in [2.45, 2.75) is 11.4 Å². The predicted molar refractivity (Wildman–Crippen MR) is 96.5 cm³/mol. The van der Waals surface area contributed by atoms with E-state index in [0.717, 1.165) is 10.0 Å². The molecule has 0 aliphatic heterocycles. The molecule has 138 valence electrons. The van der Waals surface area contributed by atoms with Gasteiger partial charge in [0, 0.05) is 18.1 Å². The molecular weight excluding hydrogens is 382 g/mol. The highest BCUT2D eigenvalue weighted by atomic mass is 35.5. The van der Waals surface area contributed by atoms with Crippen LogP contribution >= 0.6 is 11.6 Å². The number of hydrogen-bond donors (Lipinski definition) is 3. The van der Waals surface area contributed by atoms with Crippen LogP contribution in [0.4, 0.5) is 5.69 Å². The summed E-state index contributed by atoms with van der Waals surface area (Å²) in [7, 11) is -2.65. The zero-order valence-corrected chi connectivity index (χ0v) is 15.2. The minimum Gasteiger partial charge on any atom is -0.495 e. The maximum Gasteiger partial charge on any atom is 0.268 e. The van der Waals surface area contributed by atoms with E-state index in [4.69, 9.17) is 22.1 Å². The third-order valence-electron chi connectivity index (χ3n) is 3.97. The average Bonchev–Trinajstić information content (AvgIpc) is 3.01. The number of fused-ring (bicyclic) bond motifs is 1. The molecule has 0 radical (unpaired) electrons. The smallest absolute Gasteiger partial charge is 0.268 e. The summed E-state index contributed by atoms with van der Waals surface area (Å²) >= 11 is 5.86. The zero-order valence-electron chi connectivity index (χ0n) is 13.6. The average molecular weight is 398 g/mol. The quantitative estimate of drug-likeness (QED) is 0.566. The molecule has 2 aromatic carbocycles. The molecule has 4 N–H and O–H groups in total. The number of halogens is 1. The zero-order chi connectivity index (χ0) is 19.1. The van der Waals surface area contributed by atoms with Gasteiger partial charge in [-0.3, -0.25) is 10.4 Å². The number of benzene rings is 2. The number of anilines is 1. The highest BCUT2D eigenvalue weighted by molar-refractivity contribution is 7.90. The van der Waals surface area contributed by atoms with E-state index in [1.54, 1.807) is 18.2 Å². The SMILES string of the molecule is COc1cccc2c(CN)cn(S(=O)(=O)c3ccc(Cl)c(N(O)O)c3)c12. The van der Waals surface area contributed by atoms with Gasteiger partial charge in [-0.15, -0.1) is 5.23 Å². The van der Waals surface area contributed by atoms with Crippen LogP contribution in [-0.2, 0) is 16.6 Å². The van der Waals surface area contributed by atoms with Crippen LogP contribution in [0.1, 0.15) is 5.56 Å². The van der Waals surface area contributed by atoms with Crippen molar-refractivity contribution in [3.8, 4) is 5.75 Å². The molecule has 10 heteroatoms. The van der Waals surface area contributed by atoms with Crippen molar-refractivity contribution < 1.29 is 23.6 Å². The first kappa shape index (κ1) is 18.5. The topological polar surface area (TPSA) is 118 Å². The number of para-hydroxylation sites is 1. The third kappa shape index (κ3) is 2.89. The molecule has 1 heterocycles. The van der Waals surface area contributed by atoms with Gasteiger partial charge in [-0.05, 0) is 29.8 Å². The molecule has 0 spiro atoms. The largest absolute Gasteiger partial charge is 0.495 e. The Morgan fingerprint density at radius 1 is 1.27 bits per heavy atom. The molecule has 0 fully saturated rings. The maximum absolute atomic E-state index is 13.2. The Labute approximate surface area is 154 Å². The fourth-order valence-electron chi connectivity index (χ4n) is 2.72. The highest BCUT2D eigenvalue weighted by Gasteiger charge is 2.24. The molecule has 0 bridgehead atoms. The third-order valence-corrected chi connectivity index (χ3v) is 5.94. The number of rotatable bonds is 5. The number of ether oxygens (including phenoxy) is 1. The highest BCUT2D eigenvalue weighted by Crippen LogP contribution is 2.34. The molecule has 0 atom stereocenters. The van der Waals surface area contributed by atoms with Gasteiger partial charge in [0.05, 0.1) is 17.0 Å². The number of nitrogens with zero attached hydrogens (tertiary/aromatic N) is 2. The van der Waals surface area contributed by atoms with E-state index in [1.165, 1.54) is 25.4 Å². The van der Waals surface area contributed by atoms with Crippen molar-refractivity contribution in [1.82, 2.24) is 3.97 Å². The van der Waals surface area contributed by atoms with Crippen molar-refractivity contribution >= 4 is 38.2 Å². The summed E-state index contributed by atoms with van der Waals surface area (Å²) in [5, 5.41) is 18.8. The fraction of sp³-hybridized carbons (Fsp3) is 0.125. The van der Waals surface area contributed by atoms with Crippen LogP contribution in [-0.4, -0.2) is 29.9 Å². The monoisotopic (exact) mass is 397 g/mol. The second-order valence-corrected chi connectivity index (χ2v) is 7.64. The summed E-state index contributed by atoms with van der Waals surface area (Å²) in [6, 6.07) is 8.73. The van der Waals surface area contributed by atoms with E-state index in [1.807, 2.05) is 0 Å². The van der Waals surface area contributed by atoms with Gasteiger partial charge in [0.15, 0.2) is 0 Å². The molecule has 26 heavy (non-hydrogen) atoms. The van der Waals surface area contributed by atoms with Crippen molar-refractivity contribution in [2.24, 2.45) is 5.73 Å². The summed E-state index contributed by atoms with van der Waals surface area (Å²) in [4.78, 5) is -0.184. The van der Waals surface area contributed by atoms with Crippen LogP contribution in [0.2, 0.25) is 5.02 Å². The Balaban J connectivity index is 2.31. The molecular formula is C16H16ClN3O5S. The molecule has 3 aromatic rings. The van der Waals surface area contributed by atoms with Gasteiger partial charge in [0.1, 0.15) is 17.0 Å². The Hall–Kier alpha value is -2.30. The second kappa shape index (κ2) is 6.78. The minimum absolute atomic E-state index is 0.0217. The first-order valence-corrected chi connectivity index (χ1v) is 9.23. The van der Waals surface area contributed by atoms with Crippen molar-refractivity contribution in [2.75, 3.05) is 12.3 Å². The van der Waals surface area contributed by atoms with Crippen LogP contribution in [0.25, 0.3) is 10.9 Å². The fourth-order valence-corrected chi connectivity index (χ4v) is 4.34. The summed E-state index contributed by atoms with van der Waals surface area (Å²) in [5.74, 6) is 0.367. The van der Waals surface area contributed by atoms with Gasteiger partial charge in [0.2, 0.25) is 0 Å². The molecule has 1 aromatic heterocycles. The van der Waals surface area contributed by atoms with Crippen LogP contribution in [0, 0.1) is 0 Å². The van der Waals surface area contributed by atoms with Crippen molar-refractivity contribution in [3.63, 3.8) is 0 Å². The standard InChI is InChI=1S/C16H16ClN3O5S/c1-25-15-4-2-3-12-10(8-18)9-19(16(12)15)26(23,24)11-5-6-13(17)14(7-11)20(21)22/h2-7,9,21-22H,8,18H2,1H3. The van der Waals surface area contributed by atoms with Crippen molar-refractivity contribution in [3.05, 3.63) is 53.2 Å². The van der Waals surface area contributed by atoms with Gasteiger partial charge in [-0.2, -0.15) is 0 Å². The molecule has 0 unspecified atom stereocenters. The van der Waals surface area contributed by atoms with Crippen LogP contribution in [0.15, 0.2) is 47.5 Å². The van der Waals surface area contributed by atoms with Crippen LogP contribution in [0.3, 0.4) is 0 Å². The molecule has 0 aliphatic carbocycles. The lowest BCUT2D eigenvalue weighted by Crippen LogP contribution is -2.15. The first-order valence-electron chi connectivity index (χ1n) is 7.41. The number of methoxy groups -OCH3 is 1. The second-order valence-electron chi connectivity index (χ2n) is 5.42. The van der Waals surface area contributed by atoms with Gasteiger partial charge in [-0.25, -0.2) is 12.4 Å². The lowest BCUT2D eigenvalue weighted by molar-refractivity contribution is 0.0291. The molecule has 0 saturated carbocycles. The molecule has 8 nitrogen and oxygen atoms in total. The van der Waals surface area contributed by atoms with Crippen LogP contribution in [0.5, 0.6) is 5.75 Å². The molecule has 3 rings (SSSR count). The lowest BCUT2D eigenvalue weighted by atomic mass is 10.1. The van der Waals surface area contributed by atoms with Crippen molar-refractivity contribution in [1.29, 1.82) is 0 Å². The van der Waals surface area contributed by atoms with Gasteiger partial charge in [-0.1, -0.05) is 23.7 Å². The number of hydrogen-bond acceptors (Lipinski definition) is 7. The Morgan fingerprint density at radius 2 is 2.00 bits per heavy atom. The van der Waals surface area contributed by atoms with E-state index in [-0.39, 0.29) is 27.4 Å². The van der Waals surface area contributed by atoms with E-state index in [2.05, 4.69) is 0 Å². The predicted octanol–water partition coefficient (Wildman–Crippen LogP) is 2.58. The number of aromatic nitrogens is 1. The van der Waals surface area contributed by atoms with E-state index in [0.29, 0.717) is 22.2 Å². The Bertz CT molecular complexity index is 1080. The molecule has 0 saturated heterocycles. The van der Waals surface area contributed by atoms with Crippen LogP contribution < -0.4 is 15.7 Å². The van der Waals surface area contributed by atoms with Gasteiger partial charge >= 0.3 is 0 Å². The normalized spacial score (nSPS) is 11.7. The van der Waals surface area contributed by atoms with E-state index < -0.39 is 10.0 Å². The summed E-state index contributed by atoms with van der Waals surface area (Å²) in [6.07, 6.45) is 1.42. The summed E-state index contributed by atoms with van der Waals surface area (Å²) in [5.41, 5.74) is 6.45. The maximum atomic E-state index is 13.2. The van der Waals surface area contributed by atoms with E-state index >= 15 is 0 Å².